The Kier molecular flexibility index (Phi) is 5.91. The number of carbonyl (C=O) groups is 1. The van der Waals surface area contributed by atoms with Crippen molar-refractivity contribution < 1.29 is 19.0 Å². The highest BCUT2D eigenvalue weighted by atomic mass is 16.5. The summed E-state index contributed by atoms with van der Waals surface area (Å²) in [6, 6.07) is 9.10. The van der Waals surface area contributed by atoms with Crippen LogP contribution in [-0.4, -0.2) is 51.4 Å². The Morgan fingerprint density at radius 1 is 1.15 bits per heavy atom. The Morgan fingerprint density at radius 3 is 2.65 bits per heavy atom. The number of hydrogen-bond acceptors (Lipinski definition) is 6. The molecule has 7 heteroatoms. The lowest BCUT2D eigenvalue weighted by Gasteiger charge is -2.27. The van der Waals surface area contributed by atoms with E-state index in [1.165, 1.54) is 0 Å². The van der Waals surface area contributed by atoms with Crippen molar-refractivity contribution in [3.63, 3.8) is 0 Å². The van der Waals surface area contributed by atoms with E-state index in [1.807, 2.05) is 24.3 Å². The first-order valence-electron chi connectivity index (χ1n) is 8.49. The SMILES string of the molecule is COc1ccc(CNC(=O)c2ccnc(N3CCOCC3)c2)cc1OC. The Hall–Kier alpha value is -2.80. The van der Waals surface area contributed by atoms with Crippen molar-refractivity contribution in [3.05, 3.63) is 47.7 Å². The summed E-state index contributed by atoms with van der Waals surface area (Å²) in [7, 11) is 3.18. The van der Waals surface area contributed by atoms with Crippen LogP contribution in [0.4, 0.5) is 5.82 Å². The van der Waals surface area contributed by atoms with Crippen LogP contribution in [0.1, 0.15) is 15.9 Å². The molecule has 1 aliphatic rings. The molecule has 1 N–H and O–H groups in total. The Labute approximate surface area is 152 Å². The summed E-state index contributed by atoms with van der Waals surface area (Å²) in [4.78, 5) is 19.0. The highest BCUT2D eigenvalue weighted by molar-refractivity contribution is 5.94. The molecule has 138 valence electrons. The van der Waals surface area contributed by atoms with Crippen LogP contribution in [0.5, 0.6) is 11.5 Å². The van der Waals surface area contributed by atoms with Crippen molar-refractivity contribution in [3.8, 4) is 11.5 Å². The van der Waals surface area contributed by atoms with Gasteiger partial charge in [-0.25, -0.2) is 4.98 Å². The lowest BCUT2D eigenvalue weighted by Crippen LogP contribution is -2.37. The molecule has 0 aliphatic carbocycles. The second-order valence-electron chi connectivity index (χ2n) is 5.87. The zero-order valence-corrected chi connectivity index (χ0v) is 15.0. The zero-order valence-electron chi connectivity index (χ0n) is 15.0. The maximum atomic E-state index is 12.5. The Balaban J connectivity index is 1.65. The molecule has 26 heavy (non-hydrogen) atoms. The highest BCUT2D eigenvalue weighted by Crippen LogP contribution is 2.27. The topological polar surface area (TPSA) is 72.9 Å². The normalized spacial score (nSPS) is 14.0. The van der Waals surface area contributed by atoms with Gasteiger partial charge >= 0.3 is 0 Å². The molecule has 2 aromatic rings. The summed E-state index contributed by atoms with van der Waals surface area (Å²) < 4.78 is 15.9. The number of morpholine rings is 1. The van der Waals surface area contributed by atoms with E-state index in [1.54, 1.807) is 26.5 Å². The molecule has 7 nitrogen and oxygen atoms in total. The molecule has 3 rings (SSSR count). The minimum Gasteiger partial charge on any atom is -0.493 e. The molecule has 0 saturated carbocycles. The van der Waals surface area contributed by atoms with Gasteiger partial charge in [0.2, 0.25) is 0 Å². The van der Waals surface area contributed by atoms with Gasteiger partial charge in [-0.15, -0.1) is 0 Å². The number of methoxy groups -OCH3 is 2. The van der Waals surface area contributed by atoms with Crippen LogP contribution in [0.2, 0.25) is 0 Å². The summed E-state index contributed by atoms with van der Waals surface area (Å²) in [5, 5.41) is 2.93. The fourth-order valence-electron chi connectivity index (χ4n) is 2.80. The summed E-state index contributed by atoms with van der Waals surface area (Å²) in [5.74, 6) is 1.95. The summed E-state index contributed by atoms with van der Waals surface area (Å²) >= 11 is 0. The smallest absolute Gasteiger partial charge is 0.251 e. The van der Waals surface area contributed by atoms with Gasteiger partial charge in [-0.2, -0.15) is 0 Å². The quantitative estimate of drug-likeness (QED) is 0.851. The monoisotopic (exact) mass is 357 g/mol. The van der Waals surface area contributed by atoms with Crippen molar-refractivity contribution in [2.24, 2.45) is 0 Å². The van der Waals surface area contributed by atoms with Crippen LogP contribution in [0.15, 0.2) is 36.5 Å². The number of pyridine rings is 1. The van der Waals surface area contributed by atoms with E-state index in [0.717, 1.165) is 24.5 Å². The third kappa shape index (κ3) is 4.23. The molecule has 2 heterocycles. The number of hydrogen-bond donors (Lipinski definition) is 1. The summed E-state index contributed by atoms with van der Waals surface area (Å²) in [5.41, 5.74) is 1.51. The standard InChI is InChI=1S/C19H23N3O4/c1-24-16-4-3-14(11-17(16)25-2)13-21-19(23)15-5-6-20-18(12-15)22-7-9-26-10-8-22/h3-6,11-12H,7-10,13H2,1-2H3,(H,21,23). The first kappa shape index (κ1) is 18.0. The first-order chi connectivity index (χ1) is 12.7. The van der Waals surface area contributed by atoms with E-state index in [9.17, 15) is 4.79 Å². The molecule has 0 atom stereocenters. The molecule has 0 radical (unpaired) electrons. The molecule has 1 aromatic carbocycles. The number of aromatic nitrogens is 1. The number of carbonyl (C=O) groups excluding carboxylic acids is 1. The van der Waals surface area contributed by atoms with Crippen molar-refractivity contribution in [2.45, 2.75) is 6.54 Å². The second-order valence-corrected chi connectivity index (χ2v) is 5.87. The van der Waals surface area contributed by atoms with Crippen LogP contribution in [0.25, 0.3) is 0 Å². The van der Waals surface area contributed by atoms with Gasteiger partial charge in [0.25, 0.3) is 5.91 Å². The minimum atomic E-state index is -0.142. The lowest BCUT2D eigenvalue weighted by atomic mass is 10.2. The van der Waals surface area contributed by atoms with Crippen LogP contribution >= 0.6 is 0 Å². The second kappa shape index (κ2) is 8.53. The maximum absolute atomic E-state index is 12.5. The molecular formula is C19H23N3O4. The number of nitrogens with zero attached hydrogens (tertiary/aromatic N) is 2. The van der Waals surface area contributed by atoms with E-state index < -0.39 is 0 Å². The largest absolute Gasteiger partial charge is 0.493 e. The van der Waals surface area contributed by atoms with Crippen LogP contribution in [-0.2, 0) is 11.3 Å². The van der Waals surface area contributed by atoms with E-state index in [2.05, 4.69) is 15.2 Å². The molecule has 1 aromatic heterocycles. The summed E-state index contributed by atoms with van der Waals surface area (Å²) in [6.07, 6.45) is 1.66. The number of rotatable bonds is 6. The molecule has 1 fully saturated rings. The van der Waals surface area contributed by atoms with E-state index in [0.29, 0.717) is 36.8 Å². The molecule has 0 unspecified atom stereocenters. The zero-order chi connectivity index (χ0) is 18.4. The minimum absolute atomic E-state index is 0.142. The summed E-state index contributed by atoms with van der Waals surface area (Å²) in [6.45, 7) is 3.32. The van der Waals surface area contributed by atoms with Gasteiger partial charge in [0, 0.05) is 31.4 Å². The van der Waals surface area contributed by atoms with Gasteiger partial charge in [0.15, 0.2) is 11.5 Å². The van der Waals surface area contributed by atoms with E-state index in [-0.39, 0.29) is 5.91 Å². The van der Waals surface area contributed by atoms with E-state index >= 15 is 0 Å². The maximum Gasteiger partial charge on any atom is 0.251 e. The predicted molar refractivity (Wildman–Crippen MR) is 98.0 cm³/mol. The fourth-order valence-corrected chi connectivity index (χ4v) is 2.80. The number of ether oxygens (including phenoxy) is 3. The van der Waals surface area contributed by atoms with Gasteiger partial charge < -0.3 is 24.4 Å². The predicted octanol–water partition coefficient (Wildman–Crippen LogP) is 1.87. The van der Waals surface area contributed by atoms with Crippen LogP contribution < -0.4 is 19.7 Å². The molecule has 1 saturated heterocycles. The van der Waals surface area contributed by atoms with Crippen LogP contribution in [0.3, 0.4) is 0 Å². The van der Waals surface area contributed by atoms with E-state index in [4.69, 9.17) is 14.2 Å². The molecule has 1 amide bonds. The average Bonchev–Trinajstić information content (AvgIpc) is 2.72. The Morgan fingerprint density at radius 2 is 1.92 bits per heavy atom. The third-order valence-corrected chi connectivity index (χ3v) is 4.24. The van der Waals surface area contributed by atoms with Crippen molar-refractivity contribution in [1.82, 2.24) is 10.3 Å². The molecule has 0 spiro atoms. The number of amides is 1. The Bertz CT molecular complexity index is 760. The van der Waals surface area contributed by atoms with Gasteiger partial charge in [-0.05, 0) is 29.8 Å². The molecular weight excluding hydrogens is 334 g/mol. The van der Waals surface area contributed by atoms with Gasteiger partial charge in [0.1, 0.15) is 5.82 Å². The number of benzene rings is 1. The third-order valence-electron chi connectivity index (χ3n) is 4.24. The molecule has 1 aliphatic heterocycles. The average molecular weight is 357 g/mol. The fraction of sp³-hybridized carbons (Fsp3) is 0.368. The van der Waals surface area contributed by atoms with Gasteiger partial charge in [0.05, 0.1) is 27.4 Å². The van der Waals surface area contributed by atoms with Crippen molar-refractivity contribution >= 4 is 11.7 Å². The van der Waals surface area contributed by atoms with Gasteiger partial charge in [-0.3, -0.25) is 4.79 Å². The lowest BCUT2D eigenvalue weighted by molar-refractivity contribution is 0.0950. The molecule has 0 bridgehead atoms. The number of nitrogens with one attached hydrogen (secondary N) is 1. The van der Waals surface area contributed by atoms with Crippen LogP contribution in [0, 0.1) is 0 Å². The highest BCUT2D eigenvalue weighted by Gasteiger charge is 2.14. The van der Waals surface area contributed by atoms with Crippen molar-refractivity contribution in [1.29, 1.82) is 0 Å². The number of anilines is 1. The first-order valence-corrected chi connectivity index (χ1v) is 8.49. The van der Waals surface area contributed by atoms with Gasteiger partial charge in [-0.1, -0.05) is 6.07 Å². The van der Waals surface area contributed by atoms with Crippen molar-refractivity contribution in [2.75, 3.05) is 45.4 Å².